The molecule has 0 aliphatic rings. The van der Waals surface area contributed by atoms with Crippen LogP contribution < -0.4 is 15.4 Å². The number of nitrogens with one attached hydrogen (secondary N) is 2. The zero-order valence-electron chi connectivity index (χ0n) is 12.8. The summed E-state index contributed by atoms with van der Waals surface area (Å²) in [5.74, 6) is -0.712. The van der Waals surface area contributed by atoms with Crippen molar-refractivity contribution in [1.82, 2.24) is 10.6 Å². The molecular formula is C16H23FN2O2. The van der Waals surface area contributed by atoms with Crippen LogP contribution in [0.5, 0.6) is 5.75 Å². The molecule has 0 heterocycles. The number of hydrogen-bond donors (Lipinski definition) is 2. The molecule has 116 valence electrons. The third kappa shape index (κ3) is 6.90. The number of ether oxygens (including phenoxy) is 1. The number of hydrogen-bond acceptors (Lipinski definition) is 3. The predicted octanol–water partition coefficient (Wildman–Crippen LogP) is 2.39. The number of rotatable bonds is 7. The summed E-state index contributed by atoms with van der Waals surface area (Å²) in [6.45, 7) is 10.3. The third-order valence-electron chi connectivity index (χ3n) is 2.62. The fourth-order valence-electron chi connectivity index (χ4n) is 1.52. The molecule has 0 atom stereocenters. The highest BCUT2D eigenvalue weighted by Gasteiger charge is 2.11. The van der Waals surface area contributed by atoms with Crippen LogP contribution in [0.3, 0.4) is 0 Å². The van der Waals surface area contributed by atoms with E-state index in [-0.39, 0.29) is 23.8 Å². The second-order valence-corrected chi connectivity index (χ2v) is 5.75. The topological polar surface area (TPSA) is 50.4 Å². The quantitative estimate of drug-likeness (QED) is 0.759. The molecule has 1 aromatic carbocycles. The zero-order chi connectivity index (χ0) is 15.9. The summed E-state index contributed by atoms with van der Waals surface area (Å²) in [7, 11) is 0. The summed E-state index contributed by atoms with van der Waals surface area (Å²) in [4.78, 5) is 11.4. The van der Waals surface area contributed by atoms with Crippen LogP contribution >= 0.6 is 0 Å². The summed E-state index contributed by atoms with van der Waals surface area (Å²) < 4.78 is 19.0. The van der Waals surface area contributed by atoms with Gasteiger partial charge in [0.2, 0.25) is 0 Å². The molecule has 1 rings (SSSR count). The van der Waals surface area contributed by atoms with Crippen molar-refractivity contribution in [3.05, 3.63) is 42.2 Å². The Morgan fingerprint density at radius 1 is 1.43 bits per heavy atom. The molecule has 5 heteroatoms. The van der Waals surface area contributed by atoms with Crippen molar-refractivity contribution in [1.29, 1.82) is 0 Å². The van der Waals surface area contributed by atoms with Crippen LogP contribution in [-0.2, 0) is 11.3 Å². The molecule has 21 heavy (non-hydrogen) atoms. The van der Waals surface area contributed by atoms with E-state index in [9.17, 15) is 9.18 Å². The van der Waals surface area contributed by atoms with E-state index >= 15 is 0 Å². The molecule has 0 unspecified atom stereocenters. The second kappa shape index (κ2) is 7.78. The smallest absolute Gasteiger partial charge is 0.258 e. The van der Waals surface area contributed by atoms with Crippen molar-refractivity contribution in [3.8, 4) is 5.75 Å². The lowest BCUT2D eigenvalue weighted by molar-refractivity contribution is -0.122. The molecule has 1 aromatic rings. The van der Waals surface area contributed by atoms with Gasteiger partial charge in [-0.25, -0.2) is 4.39 Å². The largest absolute Gasteiger partial charge is 0.481 e. The number of amides is 1. The van der Waals surface area contributed by atoms with Crippen molar-refractivity contribution in [3.63, 3.8) is 0 Å². The van der Waals surface area contributed by atoms with Crippen LogP contribution in [-0.4, -0.2) is 24.6 Å². The number of halogens is 1. The lowest BCUT2D eigenvalue weighted by Crippen LogP contribution is -2.35. The van der Waals surface area contributed by atoms with Crippen molar-refractivity contribution < 1.29 is 13.9 Å². The first kappa shape index (κ1) is 17.2. The van der Waals surface area contributed by atoms with Gasteiger partial charge >= 0.3 is 0 Å². The summed E-state index contributed by atoms with van der Waals surface area (Å²) >= 11 is 0. The van der Waals surface area contributed by atoms with Gasteiger partial charge in [0.05, 0.1) is 0 Å². The number of carbonyl (C=O) groups excluding carboxylic acids is 1. The maximum absolute atomic E-state index is 13.9. The maximum Gasteiger partial charge on any atom is 0.258 e. The molecule has 1 amide bonds. The Bertz CT molecular complexity index is 496. The van der Waals surface area contributed by atoms with E-state index in [4.69, 9.17) is 4.74 Å². The van der Waals surface area contributed by atoms with Crippen molar-refractivity contribution in [2.75, 3.05) is 13.2 Å². The van der Waals surface area contributed by atoms with Crippen LogP contribution in [0.2, 0.25) is 0 Å². The molecule has 0 aliphatic carbocycles. The van der Waals surface area contributed by atoms with Gasteiger partial charge in [-0.15, -0.1) is 6.58 Å². The minimum absolute atomic E-state index is 0.0328. The molecule has 0 spiro atoms. The zero-order valence-corrected chi connectivity index (χ0v) is 12.8. The lowest BCUT2D eigenvalue weighted by Gasteiger charge is -2.20. The fourth-order valence-corrected chi connectivity index (χ4v) is 1.52. The SMILES string of the molecule is C=CCNC(=O)COc1ccc(CNC(C)(C)C)cc1F. The van der Waals surface area contributed by atoms with E-state index in [2.05, 4.69) is 17.2 Å². The molecular weight excluding hydrogens is 271 g/mol. The third-order valence-corrected chi connectivity index (χ3v) is 2.62. The van der Waals surface area contributed by atoms with E-state index in [1.54, 1.807) is 12.1 Å². The lowest BCUT2D eigenvalue weighted by atomic mass is 10.1. The van der Waals surface area contributed by atoms with Crippen LogP contribution in [0.1, 0.15) is 26.3 Å². The molecule has 0 aliphatic heterocycles. The molecule has 0 radical (unpaired) electrons. The van der Waals surface area contributed by atoms with Crippen molar-refractivity contribution in [2.45, 2.75) is 32.9 Å². The number of carbonyl (C=O) groups is 1. The normalized spacial score (nSPS) is 11.0. The van der Waals surface area contributed by atoms with E-state index in [0.29, 0.717) is 13.1 Å². The monoisotopic (exact) mass is 294 g/mol. The minimum Gasteiger partial charge on any atom is -0.481 e. The Labute approximate surface area is 125 Å². The van der Waals surface area contributed by atoms with Gasteiger partial charge in [-0.1, -0.05) is 12.1 Å². The Hall–Kier alpha value is -1.88. The van der Waals surface area contributed by atoms with E-state index in [0.717, 1.165) is 5.56 Å². The highest BCUT2D eigenvalue weighted by molar-refractivity contribution is 5.77. The number of benzene rings is 1. The molecule has 0 aromatic heterocycles. The predicted molar refractivity (Wildman–Crippen MR) is 81.7 cm³/mol. The molecule has 2 N–H and O–H groups in total. The first-order chi connectivity index (χ1) is 9.81. The van der Waals surface area contributed by atoms with Gasteiger partial charge in [-0.3, -0.25) is 4.79 Å². The van der Waals surface area contributed by atoms with Crippen LogP contribution in [0.4, 0.5) is 4.39 Å². The summed E-state index contributed by atoms with van der Waals surface area (Å²) in [5.41, 5.74) is 0.792. The first-order valence-corrected chi connectivity index (χ1v) is 6.85. The summed E-state index contributed by atoms with van der Waals surface area (Å²) in [5, 5.41) is 5.83. The average Bonchev–Trinajstić information content (AvgIpc) is 2.41. The maximum atomic E-state index is 13.9. The van der Waals surface area contributed by atoms with Crippen molar-refractivity contribution >= 4 is 5.91 Å². The Balaban J connectivity index is 2.54. The molecule has 0 saturated carbocycles. The molecule has 0 bridgehead atoms. The van der Waals surface area contributed by atoms with E-state index < -0.39 is 5.82 Å². The van der Waals surface area contributed by atoms with Gasteiger partial charge in [0.1, 0.15) is 0 Å². The van der Waals surface area contributed by atoms with Crippen LogP contribution in [0, 0.1) is 5.82 Å². The molecule has 0 fully saturated rings. The second-order valence-electron chi connectivity index (χ2n) is 5.75. The van der Waals surface area contributed by atoms with Gasteiger partial charge < -0.3 is 15.4 Å². The molecule has 0 saturated heterocycles. The Morgan fingerprint density at radius 2 is 2.14 bits per heavy atom. The van der Waals surface area contributed by atoms with Gasteiger partial charge in [0, 0.05) is 18.6 Å². The van der Waals surface area contributed by atoms with Crippen LogP contribution in [0.15, 0.2) is 30.9 Å². The first-order valence-electron chi connectivity index (χ1n) is 6.85. The summed E-state index contributed by atoms with van der Waals surface area (Å²) in [6, 6.07) is 4.73. The highest BCUT2D eigenvalue weighted by atomic mass is 19.1. The van der Waals surface area contributed by atoms with E-state index in [1.165, 1.54) is 12.1 Å². The molecule has 4 nitrogen and oxygen atoms in total. The standard InChI is InChI=1S/C16H23FN2O2/c1-5-8-18-15(20)11-21-14-7-6-12(9-13(14)17)10-19-16(2,3)4/h5-7,9,19H,1,8,10-11H2,2-4H3,(H,18,20). The van der Waals surface area contributed by atoms with Crippen LogP contribution in [0.25, 0.3) is 0 Å². The van der Waals surface area contributed by atoms with Gasteiger partial charge in [0.15, 0.2) is 18.2 Å². The van der Waals surface area contributed by atoms with Gasteiger partial charge in [-0.2, -0.15) is 0 Å². The fraction of sp³-hybridized carbons (Fsp3) is 0.438. The Kier molecular flexibility index (Phi) is 6.37. The highest BCUT2D eigenvalue weighted by Crippen LogP contribution is 2.18. The minimum atomic E-state index is -0.472. The van der Waals surface area contributed by atoms with Crippen molar-refractivity contribution in [2.24, 2.45) is 0 Å². The van der Waals surface area contributed by atoms with Gasteiger partial charge in [0.25, 0.3) is 5.91 Å². The average molecular weight is 294 g/mol. The Morgan fingerprint density at radius 3 is 2.71 bits per heavy atom. The van der Waals surface area contributed by atoms with E-state index in [1.807, 2.05) is 20.8 Å². The van der Waals surface area contributed by atoms with Gasteiger partial charge in [-0.05, 0) is 38.5 Å². The summed E-state index contributed by atoms with van der Waals surface area (Å²) in [6.07, 6.45) is 1.56.